The summed E-state index contributed by atoms with van der Waals surface area (Å²) in [6.45, 7) is 2.66. The van der Waals surface area contributed by atoms with E-state index in [0.29, 0.717) is 17.3 Å². The van der Waals surface area contributed by atoms with E-state index >= 15 is 0 Å². The summed E-state index contributed by atoms with van der Waals surface area (Å²) in [6.07, 6.45) is 2.36. The van der Waals surface area contributed by atoms with Gasteiger partial charge in [-0.2, -0.15) is 5.10 Å². The molecule has 2 aromatic rings. The highest BCUT2D eigenvalue weighted by Gasteiger charge is 2.24. The molecular formula is C14H16ClN3O. The summed E-state index contributed by atoms with van der Waals surface area (Å²) in [7, 11) is 0. The number of carbonyl (C=O) groups excluding carboxylic acids is 1. The summed E-state index contributed by atoms with van der Waals surface area (Å²) in [5.41, 5.74) is 7.17. The van der Waals surface area contributed by atoms with Crippen molar-refractivity contribution >= 4 is 17.4 Å². The summed E-state index contributed by atoms with van der Waals surface area (Å²) < 4.78 is 1.62. The first-order valence-electron chi connectivity index (χ1n) is 6.21. The molecule has 2 rings (SSSR count). The number of hydrogen-bond acceptors (Lipinski definition) is 3. The molecule has 0 bridgehead atoms. The first-order valence-corrected chi connectivity index (χ1v) is 6.59. The van der Waals surface area contributed by atoms with Gasteiger partial charge in [0.2, 0.25) is 5.78 Å². The highest BCUT2D eigenvalue weighted by atomic mass is 35.5. The molecule has 0 radical (unpaired) electrons. The average Bonchev–Trinajstić information content (AvgIpc) is 2.80. The first-order chi connectivity index (χ1) is 9.15. The summed E-state index contributed by atoms with van der Waals surface area (Å²) in [6, 6.07) is 8.54. The van der Waals surface area contributed by atoms with Gasteiger partial charge in [-0.3, -0.25) is 9.48 Å². The topological polar surface area (TPSA) is 60.9 Å². The van der Waals surface area contributed by atoms with Crippen LogP contribution in [0.4, 0.5) is 0 Å². The molecule has 0 fully saturated rings. The van der Waals surface area contributed by atoms with Crippen molar-refractivity contribution in [3.8, 4) is 0 Å². The number of ketones is 1. The fourth-order valence-corrected chi connectivity index (χ4v) is 2.18. The molecule has 1 atom stereocenters. The van der Waals surface area contributed by atoms with Gasteiger partial charge in [0.25, 0.3) is 0 Å². The van der Waals surface area contributed by atoms with Gasteiger partial charge in [-0.1, -0.05) is 48.9 Å². The number of benzene rings is 1. The van der Waals surface area contributed by atoms with Crippen molar-refractivity contribution in [2.45, 2.75) is 25.9 Å². The van der Waals surface area contributed by atoms with Crippen LogP contribution in [0.1, 0.15) is 35.4 Å². The van der Waals surface area contributed by atoms with E-state index < -0.39 is 6.04 Å². The van der Waals surface area contributed by atoms with E-state index in [1.54, 1.807) is 4.68 Å². The van der Waals surface area contributed by atoms with E-state index in [2.05, 4.69) is 5.10 Å². The van der Waals surface area contributed by atoms with Crippen LogP contribution in [0.5, 0.6) is 0 Å². The maximum atomic E-state index is 12.5. The number of rotatable bonds is 5. The van der Waals surface area contributed by atoms with E-state index in [1.165, 1.54) is 6.20 Å². The third kappa shape index (κ3) is 2.85. The van der Waals surface area contributed by atoms with Crippen molar-refractivity contribution in [2.24, 2.45) is 5.73 Å². The molecule has 1 aromatic carbocycles. The Hall–Kier alpha value is -1.65. The van der Waals surface area contributed by atoms with Crippen molar-refractivity contribution in [2.75, 3.05) is 0 Å². The molecule has 1 aromatic heterocycles. The van der Waals surface area contributed by atoms with Crippen molar-refractivity contribution in [3.63, 3.8) is 0 Å². The van der Waals surface area contributed by atoms with E-state index in [0.717, 1.165) is 12.0 Å². The summed E-state index contributed by atoms with van der Waals surface area (Å²) in [5.74, 6) is -0.206. The number of aromatic nitrogens is 2. The zero-order valence-electron chi connectivity index (χ0n) is 10.7. The largest absolute Gasteiger partial charge is 0.317 e. The van der Waals surface area contributed by atoms with Crippen LogP contribution in [0.15, 0.2) is 36.5 Å². The Morgan fingerprint density at radius 1 is 1.42 bits per heavy atom. The number of nitrogens with two attached hydrogens (primary N) is 1. The number of halogens is 1. The predicted octanol–water partition coefficient (Wildman–Crippen LogP) is 2.83. The summed E-state index contributed by atoms with van der Waals surface area (Å²) in [4.78, 5) is 12.5. The molecule has 0 spiro atoms. The van der Waals surface area contributed by atoms with E-state index in [1.807, 2.05) is 37.3 Å². The highest BCUT2D eigenvalue weighted by Crippen LogP contribution is 2.22. The Morgan fingerprint density at radius 2 is 2.11 bits per heavy atom. The highest BCUT2D eigenvalue weighted by molar-refractivity contribution is 6.33. The van der Waals surface area contributed by atoms with E-state index in [9.17, 15) is 4.79 Å². The van der Waals surface area contributed by atoms with Crippen LogP contribution in [0.2, 0.25) is 5.02 Å². The van der Waals surface area contributed by atoms with Gasteiger partial charge in [-0.25, -0.2) is 0 Å². The number of Topliss-reactive ketones (excluding diaryl/α,β-unsaturated/α-hetero) is 1. The second kappa shape index (κ2) is 5.99. The van der Waals surface area contributed by atoms with E-state index in [-0.39, 0.29) is 5.78 Å². The van der Waals surface area contributed by atoms with Gasteiger partial charge in [-0.15, -0.1) is 0 Å². The minimum atomic E-state index is -0.717. The monoisotopic (exact) mass is 277 g/mol. The smallest absolute Gasteiger partial charge is 0.203 e. The van der Waals surface area contributed by atoms with Crippen molar-refractivity contribution in [1.29, 1.82) is 0 Å². The van der Waals surface area contributed by atoms with Gasteiger partial charge in [0.15, 0.2) is 0 Å². The van der Waals surface area contributed by atoms with Gasteiger partial charge in [0.05, 0.1) is 17.3 Å². The lowest BCUT2D eigenvalue weighted by molar-refractivity contribution is 0.0950. The van der Waals surface area contributed by atoms with Crippen LogP contribution in [0, 0.1) is 0 Å². The minimum Gasteiger partial charge on any atom is -0.317 e. The van der Waals surface area contributed by atoms with Gasteiger partial charge >= 0.3 is 0 Å². The lowest BCUT2D eigenvalue weighted by Gasteiger charge is -2.12. The Kier molecular flexibility index (Phi) is 4.35. The van der Waals surface area contributed by atoms with Gasteiger partial charge in [-0.05, 0) is 12.0 Å². The van der Waals surface area contributed by atoms with Gasteiger partial charge < -0.3 is 5.73 Å². The Morgan fingerprint density at radius 3 is 2.74 bits per heavy atom. The second-order valence-corrected chi connectivity index (χ2v) is 4.72. The molecule has 0 saturated carbocycles. The molecule has 100 valence electrons. The van der Waals surface area contributed by atoms with Crippen molar-refractivity contribution < 1.29 is 4.79 Å². The maximum absolute atomic E-state index is 12.5. The number of carbonyl (C=O) groups is 1. The van der Waals surface area contributed by atoms with Crippen molar-refractivity contribution in [1.82, 2.24) is 9.78 Å². The molecule has 1 heterocycles. The standard InChI is InChI=1S/C14H16ClN3O/c1-2-8-18-13(11(15)9-17-18)14(19)12(16)10-6-4-3-5-7-10/h3-7,9,12H,2,8,16H2,1H3/t12-/m1/s1. The van der Waals surface area contributed by atoms with Crippen LogP contribution in [0.25, 0.3) is 0 Å². The number of aryl methyl sites for hydroxylation is 1. The van der Waals surface area contributed by atoms with Crippen molar-refractivity contribution in [3.05, 3.63) is 52.8 Å². The third-order valence-electron chi connectivity index (χ3n) is 2.90. The Balaban J connectivity index is 2.32. The maximum Gasteiger partial charge on any atom is 0.203 e. The fraction of sp³-hybridized carbons (Fsp3) is 0.286. The molecule has 0 unspecified atom stereocenters. The van der Waals surface area contributed by atoms with Crippen LogP contribution in [0.3, 0.4) is 0 Å². The number of nitrogens with zero attached hydrogens (tertiary/aromatic N) is 2. The van der Waals surface area contributed by atoms with Gasteiger partial charge in [0, 0.05) is 6.54 Å². The average molecular weight is 278 g/mol. The summed E-state index contributed by atoms with van der Waals surface area (Å²) in [5, 5.41) is 4.46. The fourth-order valence-electron chi connectivity index (χ4n) is 1.95. The lowest BCUT2D eigenvalue weighted by Crippen LogP contribution is -2.24. The zero-order valence-corrected chi connectivity index (χ0v) is 11.5. The SMILES string of the molecule is CCCn1ncc(Cl)c1C(=O)[C@H](N)c1ccccc1. The molecule has 0 amide bonds. The number of hydrogen-bond donors (Lipinski definition) is 1. The lowest BCUT2D eigenvalue weighted by atomic mass is 10.0. The van der Waals surface area contributed by atoms with Crippen LogP contribution < -0.4 is 5.73 Å². The normalized spacial score (nSPS) is 12.4. The first kappa shape index (κ1) is 13.8. The summed E-state index contributed by atoms with van der Waals surface area (Å²) >= 11 is 6.05. The quantitative estimate of drug-likeness (QED) is 0.855. The molecule has 5 heteroatoms. The Bertz CT molecular complexity index is 565. The Labute approximate surface area is 117 Å². The molecule has 0 aliphatic heterocycles. The van der Waals surface area contributed by atoms with Crippen LogP contribution in [-0.2, 0) is 6.54 Å². The molecule has 0 aliphatic rings. The predicted molar refractivity (Wildman–Crippen MR) is 75.2 cm³/mol. The zero-order chi connectivity index (χ0) is 13.8. The van der Waals surface area contributed by atoms with Crippen LogP contribution >= 0.6 is 11.6 Å². The molecule has 4 nitrogen and oxygen atoms in total. The third-order valence-corrected chi connectivity index (χ3v) is 3.18. The van der Waals surface area contributed by atoms with Crippen LogP contribution in [-0.4, -0.2) is 15.6 Å². The molecule has 0 saturated heterocycles. The minimum absolute atomic E-state index is 0.206. The van der Waals surface area contributed by atoms with Gasteiger partial charge in [0.1, 0.15) is 5.69 Å². The van der Waals surface area contributed by atoms with E-state index in [4.69, 9.17) is 17.3 Å². The molecule has 19 heavy (non-hydrogen) atoms. The second-order valence-electron chi connectivity index (χ2n) is 4.32. The molecule has 2 N–H and O–H groups in total. The molecular weight excluding hydrogens is 262 g/mol. The molecule has 0 aliphatic carbocycles.